The van der Waals surface area contributed by atoms with Crippen molar-refractivity contribution in [2.45, 2.75) is 13.3 Å². The van der Waals surface area contributed by atoms with Crippen LogP contribution in [-0.4, -0.2) is 42.8 Å². The molecule has 15 heavy (non-hydrogen) atoms. The summed E-state index contributed by atoms with van der Waals surface area (Å²) in [6.45, 7) is 3.71. The Hall–Kier alpha value is -0.485. The predicted molar refractivity (Wildman–Crippen MR) is 66.9 cm³/mol. The van der Waals surface area contributed by atoms with Gasteiger partial charge in [-0.3, -0.25) is 0 Å². The first-order valence-electron chi connectivity index (χ1n) is 4.99. The molecular formula is C9H17BBrN3O. The molecule has 0 bridgehead atoms. The lowest BCUT2D eigenvalue weighted by atomic mass is 10.3. The molecule has 0 radical (unpaired) electrons. The van der Waals surface area contributed by atoms with Crippen molar-refractivity contribution in [1.82, 2.24) is 14.6 Å². The normalized spacial score (nSPS) is 11.0. The summed E-state index contributed by atoms with van der Waals surface area (Å²) < 4.78 is 8.38. The van der Waals surface area contributed by atoms with Crippen LogP contribution in [0.5, 0.6) is 5.88 Å². The molecule has 0 atom stereocenters. The number of aryl methyl sites for hydroxylation is 2. The van der Waals surface area contributed by atoms with Crippen molar-refractivity contribution in [3.8, 4) is 5.88 Å². The van der Waals surface area contributed by atoms with E-state index >= 15 is 0 Å². The molecule has 6 heteroatoms. The van der Waals surface area contributed by atoms with Crippen LogP contribution in [0.1, 0.15) is 12.1 Å². The van der Waals surface area contributed by atoms with Crippen LogP contribution in [0.4, 0.5) is 0 Å². The number of ether oxygens (including phenoxy) is 1. The second kappa shape index (κ2) is 5.56. The average Bonchev–Trinajstić information content (AvgIpc) is 2.37. The van der Waals surface area contributed by atoms with Gasteiger partial charge in [0.15, 0.2) is 7.98 Å². The molecule has 1 heterocycles. The van der Waals surface area contributed by atoms with Gasteiger partial charge in [-0.15, -0.1) is 0 Å². The topological polar surface area (TPSA) is 30.3 Å². The Morgan fingerprint density at radius 3 is 2.73 bits per heavy atom. The number of rotatable bonds is 5. The van der Waals surface area contributed by atoms with Crippen LogP contribution in [0, 0.1) is 6.92 Å². The maximum atomic E-state index is 5.67. The van der Waals surface area contributed by atoms with Crippen molar-refractivity contribution in [3.63, 3.8) is 0 Å². The van der Waals surface area contributed by atoms with E-state index < -0.39 is 0 Å². The van der Waals surface area contributed by atoms with E-state index in [1.54, 1.807) is 4.68 Å². The van der Waals surface area contributed by atoms with Crippen LogP contribution in [0.3, 0.4) is 0 Å². The van der Waals surface area contributed by atoms with Crippen molar-refractivity contribution in [2.24, 2.45) is 7.05 Å². The van der Waals surface area contributed by atoms with Crippen LogP contribution in [-0.2, 0) is 7.05 Å². The minimum atomic E-state index is 0.718. The van der Waals surface area contributed by atoms with Crippen LogP contribution >= 0.6 is 15.9 Å². The first-order chi connectivity index (χ1) is 7.02. The maximum Gasteiger partial charge on any atom is 0.226 e. The molecule has 0 fully saturated rings. The van der Waals surface area contributed by atoms with Gasteiger partial charge in [0.05, 0.1) is 12.3 Å². The second-order valence-corrected chi connectivity index (χ2v) is 4.63. The van der Waals surface area contributed by atoms with Gasteiger partial charge >= 0.3 is 0 Å². The van der Waals surface area contributed by atoms with Crippen molar-refractivity contribution in [2.75, 3.05) is 20.2 Å². The van der Waals surface area contributed by atoms with E-state index in [1.165, 1.54) is 0 Å². The fourth-order valence-electron chi connectivity index (χ4n) is 1.32. The molecule has 4 nitrogen and oxygen atoms in total. The van der Waals surface area contributed by atoms with Gasteiger partial charge in [0, 0.05) is 7.05 Å². The van der Waals surface area contributed by atoms with E-state index in [4.69, 9.17) is 4.74 Å². The van der Waals surface area contributed by atoms with Crippen LogP contribution in [0.2, 0.25) is 0 Å². The molecule has 0 aliphatic carbocycles. The van der Waals surface area contributed by atoms with Gasteiger partial charge in [0.1, 0.15) is 4.47 Å². The number of hydrogen-bond acceptors (Lipinski definition) is 3. The van der Waals surface area contributed by atoms with Crippen LogP contribution < -0.4 is 4.74 Å². The highest BCUT2D eigenvalue weighted by Crippen LogP contribution is 2.27. The second-order valence-electron chi connectivity index (χ2n) is 3.83. The molecule has 0 aliphatic rings. The maximum absolute atomic E-state index is 5.67. The third-order valence-electron chi connectivity index (χ3n) is 2.09. The fourth-order valence-corrected chi connectivity index (χ4v) is 1.77. The minimum Gasteiger partial charge on any atom is -0.477 e. The van der Waals surface area contributed by atoms with Gasteiger partial charge in [-0.2, -0.15) is 5.10 Å². The Morgan fingerprint density at radius 1 is 1.60 bits per heavy atom. The third-order valence-corrected chi connectivity index (χ3v) is 3.00. The summed E-state index contributed by atoms with van der Waals surface area (Å²) in [5.74, 6) is 0.811. The molecule has 1 rings (SSSR count). The van der Waals surface area contributed by atoms with Crippen molar-refractivity contribution in [1.29, 1.82) is 0 Å². The van der Waals surface area contributed by atoms with Gasteiger partial charge < -0.3 is 9.55 Å². The van der Waals surface area contributed by atoms with E-state index in [-0.39, 0.29) is 0 Å². The lowest BCUT2D eigenvalue weighted by molar-refractivity contribution is 0.273. The Bertz CT molecular complexity index is 327. The van der Waals surface area contributed by atoms with E-state index in [0.29, 0.717) is 0 Å². The summed E-state index contributed by atoms with van der Waals surface area (Å²) in [6, 6.07) is 0. The lowest BCUT2D eigenvalue weighted by Gasteiger charge is -2.10. The first kappa shape index (κ1) is 12.6. The summed E-state index contributed by atoms with van der Waals surface area (Å²) >= 11 is 3.46. The molecule has 0 spiro atoms. The summed E-state index contributed by atoms with van der Waals surface area (Å²) in [4.78, 5) is 2.15. The molecule has 1 aromatic rings. The molecule has 0 N–H and O–H groups in total. The molecular weight excluding hydrogens is 257 g/mol. The highest BCUT2D eigenvalue weighted by atomic mass is 79.9. The van der Waals surface area contributed by atoms with E-state index in [1.807, 2.05) is 14.0 Å². The Labute approximate surface area is 100 Å². The largest absolute Gasteiger partial charge is 0.477 e. The van der Waals surface area contributed by atoms with E-state index in [9.17, 15) is 0 Å². The quantitative estimate of drug-likeness (QED) is 0.586. The van der Waals surface area contributed by atoms with Crippen molar-refractivity contribution >= 4 is 23.9 Å². The minimum absolute atomic E-state index is 0.718. The van der Waals surface area contributed by atoms with Crippen molar-refractivity contribution < 1.29 is 4.74 Å². The molecule has 0 amide bonds. The Kier molecular flexibility index (Phi) is 4.66. The van der Waals surface area contributed by atoms with Gasteiger partial charge in [0.2, 0.25) is 5.88 Å². The smallest absolute Gasteiger partial charge is 0.226 e. The van der Waals surface area contributed by atoms with Gasteiger partial charge in [-0.1, -0.05) is 0 Å². The lowest BCUT2D eigenvalue weighted by Crippen LogP contribution is -2.17. The highest BCUT2D eigenvalue weighted by molar-refractivity contribution is 9.10. The van der Waals surface area contributed by atoms with Gasteiger partial charge in [0.25, 0.3) is 0 Å². The number of hydrogen-bond donors (Lipinski definition) is 0. The van der Waals surface area contributed by atoms with Gasteiger partial charge in [-0.05, 0) is 42.9 Å². The highest BCUT2D eigenvalue weighted by Gasteiger charge is 2.11. The SMILES string of the molecule is BN(C)CCCOc1c(Br)c(C)nn1C. The van der Waals surface area contributed by atoms with Crippen LogP contribution in [0.15, 0.2) is 4.47 Å². The zero-order valence-corrected chi connectivity index (χ0v) is 11.3. The molecule has 0 unspecified atom stereocenters. The Balaban J connectivity index is 2.44. The number of halogens is 1. The molecule has 0 saturated heterocycles. The summed E-state index contributed by atoms with van der Waals surface area (Å²) in [5.41, 5.74) is 0.958. The molecule has 0 aromatic carbocycles. The standard InChI is InChI=1S/C9H17BBrN3O/c1-7-8(11)9(14(3)12-7)15-6-4-5-13(2)10/h4-6,10H2,1-3H3. The summed E-state index contributed by atoms with van der Waals surface area (Å²) in [5, 5.41) is 4.26. The molecule has 0 saturated carbocycles. The van der Waals surface area contributed by atoms with Crippen LogP contribution in [0.25, 0.3) is 0 Å². The average molecular weight is 274 g/mol. The van der Waals surface area contributed by atoms with Crippen molar-refractivity contribution in [3.05, 3.63) is 10.2 Å². The zero-order valence-electron chi connectivity index (χ0n) is 9.75. The molecule has 84 valence electrons. The predicted octanol–water partition coefficient (Wildman–Crippen LogP) is 0.740. The molecule has 0 aliphatic heterocycles. The number of nitrogens with zero attached hydrogens (tertiary/aromatic N) is 3. The monoisotopic (exact) mass is 273 g/mol. The summed E-state index contributed by atoms with van der Waals surface area (Å²) in [7, 11) is 6.01. The molecule has 1 aromatic heterocycles. The van der Waals surface area contributed by atoms with E-state index in [2.05, 4.69) is 40.9 Å². The summed E-state index contributed by atoms with van der Waals surface area (Å²) in [6.07, 6.45) is 1.02. The fraction of sp³-hybridized carbons (Fsp3) is 0.667. The zero-order chi connectivity index (χ0) is 11.4. The van der Waals surface area contributed by atoms with E-state index in [0.717, 1.165) is 35.6 Å². The third kappa shape index (κ3) is 3.54. The first-order valence-corrected chi connectivity index (χ1v) is 5.78. The Morgan fingerprint density at radius 2 is 2.27 bits per heavy atom. The van der Waals surface area contributed by atoms with Gasteiger partial charge in [-0.25, -0.2) is 4.68 Å². The number of aromatic nitrogens is 2.